The molecular weight excluding hydrogens is 244 g/mol. The fourth-order valence-electron chi connectivity index (χ4n) is 1.64. The van der Waals surface area contributed by atoms with Crippen LogP contribution in [0.3, 0.4) is 0 Å². The number of amides is 1. The summed E-state index contributed by atoms with van der Waals surface area (Å²) in [5, 5.41) is 5.94. The molecule has 1 amide bonds. The molecular formula is C13H20N4O2. The number of rotatable bonds is 6. The Balaban J connectivity index is 1.98. The molecule has 1 aliphatic carbocycles. The first-order chi connectivity index (χ1) is 9.08. The van der Waals surface area contributed by atoms with E-state index in [-0.39, 0.29) is 11.9 Å². The molecule has 0 bridgehead atoms. The molecule has 0 saturated heterocycles. The normalized spacial score (nSPS) is 15.7. The maximum absolute atomic E-state index is 11.8. The number of carbonyl (C=O) groups excluding carboxylic acids is 1. The molecule has 0 aromatic carbocycles. The van der Waals surface area contributed by atoms with E-state index in [0.717, 1.165) is 18.5 Å². The first kappa shape index (κ1) is 13.6. The number of hydrogen-bond acceptors (Lipinski definition) is 5. The second-order valence-corrected chi connectivity index (χ2v) is 4.75. The molecule has 1 aromatic heterocycles. The van der Waals surface area contributed by atoms with Gasteiger partial charge in [-0.15, -0.1) is 0 Å². The number of hydrogen-bond donors (Lipinski definition) is 2. The van der Waals surface area contributed by atoms with Crippen LogP contribution in [0.5, 0.6) is 5.88 Å². The third kappa shape index (κ3) is 4.08. The van der Waals surface area contributed by atoms with Crippen molar-refractivity contribution in [2.45, 2.75) is 45.7 Å². The second-order valence-electron chi connectivity index (χ2n) is 4.75. The number of anilines is 1. The van der Waals surface area contributed by atoms with Crippen LogP contribution < -0.4 is 15.4 Å². The van der Waals surface area contributed by atoms with Crippen molar-refractivity contribution in [3.63, 3.8) is 0 Å². The zero-order chi connectivity index (χ0) is 13.8. The van der Waals surface area contributed by atoms with Crippen molar-refractivity contribution in [1.82, 2.24) is 15.3 Å². The highest BCUT2D eigenvalue weighted by Crippen LogP contribution is 2.19. The molecule has 104 valence electrons. The van der Waals surface area contributed by atoms with E-state index in [9.17, 15) is 4.79 Å². The highest BCUT2D eigenvalue weighted by atomic mass is 16.5. The number of aromatic nitrogens is 2. The van der Waals surface area contributed by atoms with Gasteiger partial charge in [-0.25, -0.2) is 4.98 Å². The van der Waals surface area contributed by atoms with Crippen LogP contribution in [0, 0.1) is 6.92 Å². The van der Waals surface area contributed by atoms with Gasteiger partial charge in [-0.2, -0.15) is 4.98 Å². The molecule has 1 atom stereocenters. The molecule has 1 unspecified atom stereocenters. The third-order valence-electron chi connectivity index (χ3n) is 2.79. The van der Waals surface area contributed by atoms with Crippen molar-refractivity contribution < 1.29 is 9.53 Å². The lowest BCUT2D eigenvalue weighted by atomic mass is 10.3. The molecule has 19 heavy (non-hydrogen) atoms. The lowest BCUT2D eigenvalue weighted by molar-refractivity contribution is -0.121. The van der Waals surface area contributed by atoms with E-state index in [1.165, 1.54) is 0 Å². The van der Waals surface area contributed by atoms with Crippen molar-refractivity contribution in [2.24, 2.45) is 0 Å². The average Bonchev–Trinajstić information content (AvgIpc) is 3.12. The molecule has 1 saturated carbocycles. The van der Waals surface area contributed by atoms with Gasteiger partial charge in [0.1, 0.15) is 6.04 Å². The minimum atomic E-state index is -0.364. The monoisotopic (exact) mass is 264 g/mol. The minimum absolute atomic E-state index is 0.0226. The van der Waals surface area contributed by atoms with E-state index in [4.69, 9.17) is 4.74 Å². The number of nitrogens with zero attached hydrogens (tertiary/aromatic N) is 2. The van der Waals surface area contributed by atoms with Crippen LogP contribution in [0.25, 0.3) is 0 Å². The highest BCUT2D eigenvalue weighted by molar-refractivity contribution is 5.84. The molecule has 2 rings (SSSR count). The first-order valence-corrected chi connectivity index (χ1v) is 6.64. The van der Waals surface area contributed by atoms with E-state index < -0.39 is 0 Å². The molecule has 0 radical (unpaired) electrons. The van der Waals surface area contributed by atoms with Crippen LogP contribution >= 0.6 is 0 Å². The number of carbonyl (C=O) groups is 1. The van der Waals surface area contributed by atoms with Gasteiger partial charge in [-0.3, -0.25) is 4.79 Å². The Morgan fingerprint density at radius 2 is 2.26 bits per heavy atom. The summed E-state index contributed by atoms with van der Waals surface area (Å²) >= 11 is 0. The van der Waals surface area contributed by atoms with E-state index >= 15 is 0 Å². The van der Waals surface area contributed by atoms with Gasteiger partial charge < -0.3 is 15.4 Å². The van der Waals surface area contributed by atoms with Gasteiger partial charge in [-0.1, -0.05) is 0 Å². The number of nitrogens with one attached hydrogen (secondary N) is 2. The van der Waals surface area contributed by atoms with Gasteiger partial charge in [0, 0.05) is 17.8 Å². The van der Waals surface area contributed by atoms with Crippen LogP contribution in [-0.4, -0.2) is 34.6 Å². The van der Waals surface area contributed by atoms with Crippen molar-refractivity contribution in [3.8, 4) is 5.88 Å². The maximum Gasteiger partial charge on any atom is 0.242 e. The molecule has 6 nitrogen and oxygen atoms in total. The Kier molecular flexibility index (Phi) is 4.19. The molecule has 1 aliphatic rings. The number of aryl methyl sites for hydroxylation is 1. The first-order valence-electron chi connectivity index (χ1n) is 6.64. The number of ether oxygens (including phenoxy) is 1. The standard InChI is InChI=1S/C13H20N4O2/c1-4-19-11-7-8(2)14-13(17-11)15-9(3)12(18)16-10-5-6-10/h7,9-10H,4-6H2,1-3H3,(H,16,18)(H,14,15,17). The van der Waals surface area contributed by atoms with Gasteiger partial charge in [-0.05, 0) is 33.6 Å². The largest absolute Gasteiger partial charge is 0.478 e. The summed E-state index contributed by atoms with van der Waals surface area (Å²) in [7, 11) is 0. The summed E-state index contributed by atoms with van der Waals surface area (Å²) < 4.78 is 5.35. The van der Waals surface area contributed by atoms with Crippen molar-refractivity contribution in [2.75, 3.05) is 11.9 Å². The molecule has 1 aromatic rings. The summed E-state index contributed by atoms with van der Waals surface area (Å²) in [6.07, 6.45) is 2.15. The fourth-order valence-corrected chi connectivity index (χ4v) is 1.64. The highest BCUT2D eigenvalue weighted by Gasteiger charge is 2.25. The second kappa shape index (κ2) is 5.86. The fraction of sp³-hybridized carbons (Fsp3) is 0.615. The maximum atomic E-state index is 11.8. The van der Waals surface area contributed by atoms with E-state index in [1.807, 2.05) is 13.8 Å². The van der Waals surface area contributed by atoms with E-state index in [0.29, 0.717) is 24.5 Å². The lowest BCUT2D eigenvalue weighted by Gasteiger charge is -2.14. The summed E-state index contributed by atoms with van der Waals surface area (Å²) in [6, 6.07) is 1.76. The summed E-state index contributed by atoms with van der Waals surface area (Å²) in [6.45, 7) is 6.11. The Bertz CT molecular complexity index is 460. The SMILES string of the molecule is CCOc1cc(C)nc(NC(C)C(=O)NC2CC2)n1. The Hall–Kier alpha value is -1.85. The van der Waals surface area contributed by atoms with Crippen molar-refractivity contribution >= 4 is 11.9 Å². The zero-order valence-electron chi connectivity index (χ0n) is 11.6. The Morgan fingerprint density at radius 1 is 1.53 bits per heavy atom. The summed E-state index contributed by atoms with van der Waals surface area (Å²) in [4.78, 5) is 20.3. The van der Waals surface area contributed by atoms with Gasteiger partial charge in [0.25, 0.3) is 0 Å². The minimum Gasteiger partial charge on any atom is -0.478 e. The summed E-state index contributed by atoms with van der Waals surface area (Å²) in [5.41, 5.74) is 0.802. The smallest absolute Gasteiger partial charge is 0.242 e. The predicted octanol–water partition coefficient (Wildman–Crippen LogP) is 1.26. The third-order valence-corrected chi connectivity index (χ3v) is 2.79. The molecule has 0 spiro atoms. The molecule has 1 heterocycles. The quantitative estimate of drug-likeness (QED) is 0.809. The van der Waals surface area contributed by atoms with Crippen molar-refractivity contribution in [1.29, 1.82) is 0 Å². The van der Waals surface area contributed by atoms with Crippen LogP contribution in [0.2, 0.25) is 0 Å². The molecule has 0 aliphatic heterocycles. The van der Waals surface area contributed by atoms with Gasteiger partial charge in [0.05, 0.1) is 6.61 Å². The van der Waals surface area contributed by atoms with Crippen LogP contribution in [0.1, 0.15) is 32.4 Å². The Morgan fingerprint density at radius 3 is 2.89 bits per heavy atom. The molecule has 1 fully saturated rings. The topological polar surface area (TPSA) is 76.1 Å². The van der Waals surface area contributed by atoms with Crippen molar-refractivity contribution in [3.05, 3.63) is 11.8 Å². The van der Waals surface area contributed by atoms with Gasteiger partial charge in [0.2, 0.25) is 17.7 Å². The summed E-state index contributed by atoms with van der Waals surface area (Å²) in [5.74, 6) is 0.916. The zero-order valence-corrected chi connectivity index (χ0v) is 11.6. The van der Waals surface area contributed by atoms with Crippen LogP contribution in [0.4, 0.5) is 5.95 Å². The van der Waals surface area contributed by atoms with E-state index in [1.54, 1.807) is 13.0 Å². The van der Waals surface area contributed by atoms with E-state index in [2.05, 4.69) is 20.6 Å². The predicted molar refractivity (Wildman–Crippen MR) is 72.2 cm³/mol. The Labute approximate surface area is 113 Å². The van der Waals surface area contributed by atoms with Gasteiger partial charge >= 0.3 is 0 Å². The van der Waals surface area contributed by atoms with Gasteiger partial charge in [0.15, 0.2) is 0 Å². The van der Waals surface area contributed by atoms with Crippen LogP contribution in [0.15, 0.2) is 6.07 Å². The lowest BCUT2D eigenvalue weighted by Crippen LogP contribution is -2.39. The molecule has 6 heteroatoms. The average molecular weight is 264 g/mol. The molecule has 2 N–H and O–H groups in total. The van der Waals surface area contributed by atoms with Crippen LogP contribution in [-0.2, 0) is 4.79 Å².